The van der Waals surface area contributed by atoms with E-state index in [1.165, 1.54) is 45.2 Å². The van der Waals surface area contributed by atoms with Crippen molar-refractivity contribution in [3.8, 4) is 0 Å². The Labute approximate surface area is 122 Å². The molecule has 0 unspecified atom stereocenters. The molecule has 4 rings (SSSR count). The topological polar surface area (TPSA) is 23.6 Å². The number of amides is 1. The number of rotatable bonds is 0. The van der Waals surface area contributed by atoms with Crippen LogP contribution in [0.1, 0.15) is 44.9 Å². The van der Waals surface area contributed by atoms with Crippen molar-refractivity contribution in [3.05, 3.63) is 0 Å². The van der Waals surface area contributed by atoms with E-state index in [0.717, 1.165) is 37.3 Å². The van der Waals surface area contributed by atoms with Gasteiger partial charge >= 0.3 is 0 Å². The van der Waals surface area contributed by atoms with E-state index in [0.29, 0.717) is 11.9 Å². The van der Waals surface area contributed by atoms with Gasteiger partial charge < -0.3 is 4.90 Å². The summed E-state index contributed by atoms with van der Waals surface area (Å²) in [6.45, 7) is 3.66. The lowest BCUT2D eigenvalue weighted by molar-refractivity contribution is -0.148. The minimum absolute atomic E-state index is 0. The van der Waals surface area contributed by atoms with Gasteiger partial charge in [0.15, 0.2) is 0 Å². The minimum atomic E-state index is 0. The second-order valence-corrected chi connectivity index (χ2v) is 6.82. The summed E-state index contributed by atoms with van der Waals surface area (Å²) in [6.07, 6.45) is 8.78. The van der Waals surface area contributed by atoms with Gasteiger partial charge in [0.25, 0.3) is 0 Å². The molecule has 0 N–H and O–H groups in total. The molecule has 0 aromatic carbocycles. The third-order valence-electron chi connectivity index (χ3n) is 5.87. The number of piperidine rings is 4. The summed E-state index contributed by atoms with van der Waals surface area (Å²) in [6, 6.07) is 1.39. The van der Waals surface area contributed by atoms with Crippen LogP contribution in [0.15, 0.2) is 0 Å². The van der Waals surface area contributed by atoms with Gasteiger partial charge in [-0.1, -0.05) is 6.42 Å². The second kappa shape index (κ2) is 5.25. The molecule has 1 amide bonds. The Bertz CT molecular complexity index is 362. The van der Waals surface area contributed by atoms with E-state index in [9.17, 15) is 4.79 Å². The molecule has 0 aliphatic carbocycles. The maximum atomic E-state index is 12.1. The first-order chi connectivity index (χ1) is 8.83. The highest BCUT2D eigenvalue weighted by atomic mass is 35.5. The molecular weight excluding hydrogens is 260 g/mol. The van der Waals surface area contributed by atoms with Crippen LogP contribution in [0.4, 0.5) is 0 Å². The van der Waals surface area contributed by atoms with Crippen LogP contribution >= 0.6 is 12.4 Å². The van der Waals surface area contributed by atoms with E-state index in [-0.39, 0.29) is 12.4 Å². The van der Waals surface area contributed by atoms with Gasteiger partial charge in [-0.3, -0.25) is 9.69 Å². The molecule has 108 valence electrons. The number of halogens is 1. The first kappa shape index (κ1) is 13.7. The highest BCUT2D eigenvalue weighted by molar-refractivity contribution is 5.85. The number of fused-ring (bicyclic) bond motifs is 6. The van der Waals surface area contributed by atoms with Crippen LogP contribution in [0.5, 0.6) is 0 Å². The van der Waals surface area contributed by atoms with Gasteiger partial charge in [-0.05, 0) is 50.5 Å². The number of carbonyl (C=O) groups is 1. The lowest BCUT2D eigenvalue weighted by Crippen LogP contribution is -2.64. The molecular formula is C15H25ClN2O. The van der Waals surface area contributed by atoms with Crippen LogP contribution in [0.3, 0.4) is 0 Å². The van der Waals surface area contributed by atoms with E-state index in [1.807, 2.05) is 0 Å². The molecule has 4 heteroatoms. The fourth-order valence-electron chi connectivity index (χ4n) is 5.10. The molecule has 0 saturated carbocycles. The summed E-state index contributed by atoms with van der Waals surface area (Å²) >= 11 is 0. The molecule has 4 heterocycles. The maximum absolute atomic E-state index is 12.1. The maximum Gasteiger partial charge on any atom is 0.222 e. The fourth-order valence-corrected chi connectivity index (χ4v) is 5.10. The van der Waals surface area contributed by atoms with Crippen LogP contribution in [-0.2, 0) is 4.79 Å². The molecule has 4 saturated heterocycles. The Kier molecular flexibility index (Phi) is 3.78. The zero-order valence-corrected chi connectivity index (χ0v) is 12.4. The van der Waals surface area contributed by atoms with Gasteiger partial charge in [0.2, 0.25) is 5.91 Å². The van der Waals surface area contributed by atoms with Crippen LogP contribution < -0.4 is 0 Å². The van der Waals surface area contributed by atoms with E-state index >= 15 is 0 Å². The quantitative estimate of drug-likeness (QED) is 0.681. The van der Waals surface area contributed by atoms with Crippen molar-refractivity contribution in [2.45, 2.75) is 57.0 Å². The Morgan fingerprint density at radius 2 is 1.74 bits per heavy atom. The summed E-state index contributed by atoms with van der Waals surface area (Å²) in [7, 11) is 0. The minimum Gasteiger partial charge on any atom is -0.339 e. The summed E-state index contributed by atoms with van der Waals surface area (Å²) in [5.41, 5.74) is 0. The van der Waals surface area contributed by atoms with Crippen molar-refractivity contribution in [2.24, 2.45) is 11.8 Å². The van der Waals surface area contributed by atoms with E-state index < -0.39 is 0 Å². The van der Waals surface area contributed by atoms with Crippen molar-refractivity contribution < 1.29 is 4.79 Å². The normalized spacial score (nSPS) is 42.1. The smallest absolute Gasteiger partial charge is 0.222 e. The third-order valence-corrected chi connectivity index (χ3v) is 5.87. The van der Waals surface area contributed by atoms with Gasteiger partial charge in [-0.15, -0.1) is 12.4 Å². The molecule has 4 fully saturated rings. The zero-order valence-electron chi connectivity index (χ0n) is 11.6. The molecule has 3 nitrogen and oxygen atoms in total. The monoisotopic (exact) mass is 284 g/mol. The van der Waals surface area contributed by atoms with Gasteiger partial charge in [-0.2, -0.15) is 0 Å². The van der Waals surface area contributed by atoms with Crippen molar-refractivity contribution in [1.29, 1.82) is 0 Å². The Balaban J connectivity index is 0.00000110. The number of hydrogen-bond acceptors (Lipinski definition) is 2. The molecule has 4 aliphatic rings. The average Bonchev–Trinajstić information content (AvgIpc) is 2.40. The zero-order chi connectivity index (χ0) is 12.1. The number of carbonyl (C=O) groups excluding carboxylic acids is 1. The lowest BCUT2D eigenvalue weighted by atomic mass is 9.71. The van der Waals surface area contributed by atoms with Crippen molar-refractivity contribution >= 4 is 18.3 Å². The fraction of sp³-hybridized carbons (Fsp3) is 0.933. The van der Waals surface area contributed by atoms with Crippen molar-refractivity contribution in [1.82, 2.24) is 9.80 Å². The summed E-state index contributed by atoms with van der Waals surface area (Å²) in [4.78, 5) is 17.2. The van der Waals surface area contributed by atoms with Gasteiger partial charge in [0.1, 0.15) is 0 Å². The third kappa shape index (κ3) is 2.19. The largest absolute Gasteiger partial charge is 0.339 e. The molecule has 4 atom stereocenters. The summed E-state index contributed by atoms with van der Waals surface area (Å²) in [5.74, 6) is 2.01. The van der Waals surface area contributed by atoms with Crippen molar-refractivity contribution in [2.75, 3.05) is 19.6 Å². The van der Waals surface area contributed by atoms with Gasteiger partial charge in [-0.25, -0.2) is 0 Å². The molecule has 0 aromatic rings. The highest BCUT2D eigenvalue weighted by Crippen LogP contribution is 2.42. The van der Waals surface area contributed by atoms with Crippen LogP contribution in [-0.4, -0.2) is 47.4 Å². The Hall–Kier alpha value is -0.280. The molecule has 0 aromatic heterocycles. The summed E-state index contributed by atoms with van der Waals surface area (Å²) in [5, 5.41) is 0. The molecule has 0 radical (unpaired) electrons. The number of nitrogens with zero attached hydrogens (tertiary/aromatic N) is 2. The standard InChI is InChI=1S/C15H24N2O.ClH/c18-15-6-3-5-14-11-8-12(10-17(14)15)13-4-1-2-7-16(13)9-11;/h11-14H,1-10H2;1H/t11-,12-,13-,14+;/m0./s1. The molecule has 19 heavy (non-hydrogen) atoms. The van der Waals surface area contributed by atoms with Crippen molar-refractivity contribution in [3.63, 3.8) is 0 Å². The Morgan fingerprint density at radius 3 is 2.63 bits per heavy atom. The molecule has 2 bridgehead atoms. The molecule has 4 aliphatic heterocycles. The Morgan fingerprint density at radius 1 is 0.947 bits per heavy atom. The van der Waals surface area contributed by atoms with E-state index in [4.69, 9.17) is 0 Å². The SMILES string of the molecule is Cl.O=C1CCC[C@@H]2[C@H]3C[C@@H](CN12)[C@@H]1CCCCN1C3. The van der Waals surface area contributed by atoms with E-state index in [2.05, 4.69) is 9.80 Å². The lowest BCUT2D eigenvalue weighted by Gasteiger charge is -2.56. The predicted molar refractivity (Wildman–Crippen MR) is 77.4 cm³/mol. The molecule has 0 spiro atoms. The average molecular weight is 285 g/mol. The van der Waals surface area contributed by atoms with Crippen LogP contribution in [0.2, 0.25) is 0 Å². The first-order valence-corrected chi connectivity index (χ1v) is 7.86. The number of hydrogen-bond donors (Lipinski definition) is 0. The van der Waals surface area contributed by atoms with Gasteiger partial charge in [0, 0.05) is 31.6 Å². The van der Waals surface area contributed by atoms with Crippen LogP contribution in [0, 0.1) is 11.8 Å². The van der Waals surface area contributed by atoms with Gasteiger partial charge in [0.05, 0.1) is 0 Å². The predicted octanol–water partition coefficient (Wildman–Crippen LogP) is 2.29. The second-order valence-electron chi connectivity index (χ2n) is 6.82. The van der Waals surface area contributed by atoms with Crippen LogP contribution in [0.25, 0.3) is 0 Å². The highest BCUT2D eigenvalue weighted by Gasteiger charge is 2.47. The van der Waals surface area contributed by atoms with E-state index in [1.54, 1.807) is 0 Å². The summed E-state index contributed by atoms with van der Waals surface area (Å²) < 4.78 is 0. The first-order valence-electron chi connectivity index (χ1n) is 7.86.